The van der Waals surface area contributed by atoms with E-state index < -0.39 is 0 Å². The lowest BCUT2D eigenvalue weighted by atomic mass is 9.86. The van der Waals surface area contributed by atoms with Crippen LogP contribution in [0.25, 0.3) is 0 Å². The van der Waals surface area contributed by atoms with Gasteiger partial charge in [0.25, 0.3) is 0 Å². The minimum Gasteiger partial charge on any atom is -0.337 e. The van der Waals surface area contributed by atoms with Crippen molar-refractivity contribution in [2.45, 2.75) is 46.6 Å². The molecule has 3 nitrogen and oxygen atoms in total. The normalized spacial score (nSPS) is 21.5. The summed E-state index contributed by atoms with van der Waals surface area (Å²) in [6, 6.07) is 0.346. The molecular formula is C12H25ClN2O. The number of carbonyl (C=O) groups is 1. The molecule has 1 fully saturated rings. The number of nitrogens with one attached hydrogen (secondary N) is 1. The number of amides is 1. The zero-order chi connectivity index (χ0) is 11.5. The number of hydrogen-bond acceptors (Lipinski definition) is 2. The summed E-state index contributed by atoms with van der Waals surface area (Å²) in [4.78, 5) is 14.1. The number of nitrogens with zero attached hydrogens (tertiary/aromatic N) is 1. The van der Waals surface area contributed by atoms with E-state index in [0.717, 1.165) is 26.1 Å². The predicted octanol–water partition coefficient (Wildman–Crippen LogP) is 2.05. The summed E-state index contributed by atoms with van der Waals surface area (Å²) < 4.78 is 0. The summed E-state index contributed by atoms with van der Waals surface area (Å²) in [5, 5.41) is 3.30. The van der Waals surface area contributed by atoms with Crippen molar-refractivity contribution in [3.05, 3.63) is 0 Å². The fourth-order valence-corrected chi connectivity index (χ4v) is 1.85. The fraction of sp³-hybridized carbons (Fsp3) is 0.917. The molecule has 1 amide bonds. The summed E-state index contributed by atoms with van der Waals surface area (Å²) in [5.41, 5.74) is 0.141. The Balaban J connectivity index is 0.00000225. The van der Waals surface area contributed by atoms with Gasteiger partial charge in [-0.3, -0.25) is 4.79 Å². The molecule has 0 bridgehead atoms. The number of halogens is 1. The van der Waals surface area contributed by atoms with Gasteiger partial charge < -0.3 is 10.2 Å². The Morgan fingerprint density at radius 1 is 1.50 bits per heavy atom. The van der Waals surface area contributed by atoms with Gasteiger partial charge in [-0.05, 0) is 12.3 Å². The van der Waals surface area contributed by atoms with Crippen LogP contribution in [0, 0.1) is 5.41 Å². The van der Waals surface area contributed by atoms with Crippen molar-refractivity contribution in [3.8, 4) is 0 Å². The van der Waals surface area contributed by atoms with Crippen molar-refractivity contribution in [1.29, 1.82) is 0 Å². The Bertz CT molecular complexity index is 231. The minimum atomic E-state index is 0. The van der Waals surface area contributed by atoms with Gasteiger partial charge in [-0.15, -0.1) is 12.4 Å². The molecule has 4 heteroatoms. The second-order valence-corrected chi connectivity index (χ2v) is 5.33. The van der Waals surface area contributed by atoms with Gasteiger partial charge in [0.05, 0.1) is 0 Å². The largest absolute Gasteiger partial charge is 0.337 e. The second kappa shape index (κ2) is 6.45. The average molecular weight is 249 g/mol. The first-order valence-electron chi connectivity index (χ1n) is 5.96. The summed E-state index contributed by atoms with van der Waals surface area (Å²) in [7, 11) is 0. The first-order chi connectivity index (χ1) is 6.96. The summed E-state index contributed by atoms with van der Waals surface area (Å²) >= 11 is 0. The highest BCUT2D eigenvalue weighted by Gasteiger charge is 2.27. The van der Waals surface area contributed by atoms with Crippen LogP contribution < -0.4 is 5.32 Å². The lowest BCUT2D eigenvalue weighted by molar-refractivity contribution is -0.136. The summed E-state index contributed by atoms with van der Waals surface area (Å²) in [5.74, 6) is 0.316. The molecule has 1 atom stereocenters. The molecule has 1 aliphatic rings. The smallest absolute Gasteiger partial charge is 0.223 e. The van der Waals surface area contributed by atoms with Gasteiger partial charge in [0, 0.05) is 32.1 Å². The van der Waals surface area contributed by atoms with Gasteiger partial charge in [-0.1, -0.05) is 27.2 Å². The van der Waals surface area contributed by atoms with E-state index in [9.17, 15) is 4.79 Å². The molecule has 1 saturated heterocycles. The zero-order valence-electron chi connectivity index (χ0n) is 10.9. The molecular weight excluding hydrogens is 224 g/mol. The van der Waals surface area contributed by atoms with Crippen LogP contribution in [0.5, 0.6) is 0 Å². The fourth-order valence-electron chi connectivity index (χ4n) is 1.85. The number of rotatable bonds is 3. The van der Waals surface area contributed by atoms with E-state index in [1.165, 1.54) is 0 Å². The predicted molar refractivity (Wildman–Crippen MR) is 70.0 cm³/mol. The molecule has 0 aliphatic carbocycles. The van der Waals surface area contributed by atoms with Crippen LogP contribution in [0.3, 0.4) is 0 Å². The third kappa shape index (κ3) is 4.30. The van der Waals surface area contributed by atoms with Crippen molar-refractivity contribution >= 4 is 18.3 Å². The molecule has 0 aromatic heterocycles. The lowest BCUT2D eigenvalue weighted by Gasteiger charge is -2.36. The Morgan fingerprint density at radius 2 is 2.12 bits per heavy atom. The number of carbonyl (C=O) groups excluding carboxylic acids is 1. The molecule has 0 aromatic carbocycles. The zero-order valence-corrected chi connectivity index (χ0v) is 11.7. The molecule has 16 heavy (non-hydrogen) atoms. The van der Waals surface area contributed by atoms with Crippen LogP contribution in [0.4, 0.5) is 0 Å². The van der Waals surface area contributed by atoms with Crippen LogP contribution in [0.1, 0.15) is 40.5 Å². The SMILES string of the molecule is CCC(C)(C)CC(=O)N1CCNCC1C.Cl. The molecule has 0 radical (unpaired) electrons. The Morgan fingerprint density at radius 3 is 2.62 bits per heavy atom. The van der Waals surface area contributed by atoms with Crippen LogP contribution >= 0.6 is 12.4 Å². The van der Waals surface area contributed by atoms with Gasteiger partial charge in [-0.25, -0.2) is 0 Å². The molecule has 0 saturated carbocycles. The maximum atomic E-state index is 12.1. The van der Waals surface area contributed by atoms with Crippen LogP contribution in [-0.2, 0) is 4.79 Å². The molecule has 0 aromatic rings. The number of piperazine rings is 1. The van der Waals surface area contributed by atoms with Gasteiger partial charge in [-0.2, -0.15) is 0 Å². The van der Waals surface area contributed by atoms with E-state index in [1.54, 1.807) is 0 Å². The Labute approximate surface area is 105 Å². The highest BCUT2D eigenvalue weighted by molar-refractivity contribution is 5.85. The summed E-state index contributed by atoms with van der Waals surface area (Å²) in [6.07, 6.45) is 1.73. The molecule has 1 N–H and O–H groups in total. The van der Waals surface area contributed by atoms with Gasteiger partial charge in [0.2, 0.25) is 5.91 Å². The van der Waals surface area contributed by atoms with Crippen molar-refractivity contribution in [3.63, 3.8) is 0 Å². The maximum absolute atomic E-state index is 12.1. The minimum absolute atomic E-state index is 0. The van der Waals surface area contributed by atoms with Gasteiger partial charge in [0.15, 0.2) is 0 Å². The molecule has 0 spiro atoms. The third-order valence-corrected chi connectivity index (χ3v) is 3.41. The van der Waals surface area contributed by atoms with Gasteiger partial charge in [0.1, 0.15) is 0 Å². The van der Waals surface area contributed by atoms with Crippen molar-refractivity contribution in [1.82, 2.24) is 10.2 Å². The van der Waals surface area contributed by atoms with E-state index in [4.69, 9.17) is 0 Å². The Hall–Kier alpha value is -0.280. The molecule has 1 aliphatic heterocycles. The van der Waals surface area contributed by atoms with E-state index >= 15 is 0 Å². The van der Waals surface area contributed by atoms with Crippen molar-refractivity contribution in [2.24, 2.45) is 5.41 Å². The first kappa shape index (κ1) is 15.7. The molecule has 1 unspecified atom stereocenters. The maximum Gasteiger partial charge on any atom is 0.223 e. The second-order valence-electron chi connectivity index (χ2n) is 5.33. The van der Waals surface area contributed by atoms with E-state index in [-0.39, 0.29) is 17.8 Å². The topological polar surface area (TPSA) is 32.3 Å². The average Bonchev–Trinajstić information content (AvgIpc) is 2.17. The van der Waals surface area contributed by atoms with Crippen molar-refractivity contribution < 1.29 is 4.79 Å². The quantitative estimate of drug-likeness (QED) is 0.829. The lowest BCUT2D eigenvalue weighted by Crippen LogP contribution is -2.52. The Kier molecular flexibility index (Phi) is 6.34. The highest BCUT2D eigenvalue weighted by atomic mass is 35.5. The molecule has 96 valence electrons. The van der Waals surface area contributed by atoms with Crippen molar-refractivity contribution in [2.75, 3.05) is 19.6 Å². The number of hydrogen-bond donors (Lipinski definition) is 1. The summed E-state index contributed by atoms with van der Waals surface area (Å²) in [6.45, 7) is 11.3. The van der Waals surface area contributed by atoms with Crippen LogP contribution in [0.2, 0.25) is 0 Å². The van der Waals surface area contributed by atoms with Crippen LogP contribution in [0.15, 0.2) is 0 Å². The molecule has 1 rings (SSSR count). The van der Waals surface area contributed by atoms with E-state index in [2.05, 4.69) is 33.0 Å². The highest BCUT2D eigenvalue weighted by Crippen LogP contribution is 2.25. The van der Waals surface area contributed by atoms with Gasteiger partial charge >= 0.3 is 0 Å². The van der Waals surface area contributed by atoms with E-state index in [0.29, 0.717) is 18.4 Å². The van der Waals surface area contributed by atoms with E-state index in [1.807, 2.05) is 4.90 Å². The monoisotopic (exact) mass is 248 g/mol. The van der Waals surface area contributed by atoms with Crippen LogP contribution in [-0.4, -0.2) is 36.5 Å². The molecule has 1 heterocycles. The third-order valence-electron chi connectivity index (χ3n) is 3.41. The standard InChI is InChI=1S/C12H24N2O.ClH/c1-5-12(3,4)8-11(15)14-7-6-13-9-10(14)2;/h10,13H,5-9H2,1-4H3;1H. The first-order valence-corrected chi connectivity index (χ1v) is 5.96.